The van der Waals surface area contributed by atoms with Gasteiger partial charge in [0.05, 0.1) is 18.4 Å². The fraction of sp³-hybridized carbons (Fsp3) is 0.160. The lowest BCUT2D eigenvalue weighted by Gasteiger charge is -2.11. The number of nitrogens with zero attached hydrogens (tertiary/aromatic N) is 3. The van der Waals surface area contributed by atoms with Crippen LogP contribution in [-0.4, -0.2) is 27.8 Å². The Hall–Kier alpha value is -2.45. The van der Waals surface area contributed by atoms with Gasteiger partial charge in [0, 0.05) is 27.2 Å². The zero-order chi connectivity index (χ0) is 23.9. The van der Waals surface area contributed by atoms with Gasteiger partial charge >= 0.3 is 5.97 Å². The molecule has 0 aliphatic heterocycles. The van der Waals surface area contributed by atoms with E-state index in [1.807, 2.05) is 54.6 Å². The van der Waals surface area contributed by atoms with E-state index >= 15 is 0 Å². The molecule has 4 aromatic rings. The molecule has 0 atom stereocenters. The first-order chi connectivity index (χ1) is 16.5. The number of esters is 1. The van der Waals surface area contributed by atoms with E-state index < -0.39 is 0 Å². The van der Waals surface area contributed by atoms with E-state index in [9.17, 15) is 4.79 Å². The van der Waals surface area contributed by atoms with Crippen LogP contribution in [0.5, 0.6) is 0 Å². The molecule has 0 amide bonds. The molecule has 4 rings (SSSR count). The molecule has 3 aromatic carbocycles. The van der Waals surface area contributed by atoms with Crippen molar-refractivity contribution in [1.29, 1.82) is 0 Å². The molecule has 0 spiro atoms. The number of thioether (sulfide) groups is 2. The first-order valence-electron chi connectivity index (χ1n) is 10.4. The quantitative estimate of drug-likeness (QED) is 0.170. The molecule has 0 radical (unpaired) electrons. The van der Waals surface area contributed by atoms with Gasteiger partial charge in [-0.3, -0.25) is 4.57 Å². The lowest BCUT2D eigenvalue weighted by molar-refractivity contribution is 0.0600. The summed E-state index contributed by atoms with van der Waals surface area (Å²) in [5, 5.41) is 11.0. The van der Waals surface area contributed by atoms with Gasteiger partial charge in [-0.1, -0.05) is 71.4 Å². The molecule has 9 heteroatoms. The molecule has 0 unspecified atom stereocenters. The lowest BCUT2D eigenvalue weighted by atomic mass is 10.1. The number of para-hydroxylation sites is 1. The Morgan fingerprint density at radius 1 is 0.941 bits per heavy atom. The van der Waals surface area contributed by atoms with Crippen LogP contribution in [0.2, 0.25) is 10.0 Å². The Morgan fingerprint density at radius 2 is 1.71 bits per heavy atom. The number of methoxy groups -OCH3 is 1. The van der Waals surface area contributed by atoms with Gasteiger partial charge in [-0.05, 0) is 47.5 Å². The van der Waals surface area contributed by atoms with Crippen molar-refractivity contribution in [2.75, 3.05) is 7.11 Å². The highest BCUT2D eigenvalue weighted by molar-refractivity contribution is 7.98. The van der Waals surface area contributed by atoms with Gasteiger partial charge < -0.3 is 4.74 Å². The fourth-order valence-electron chi connectivity index (χ4n) is 3.22. The maximum atomic E-state index is 11.7. The summed E-state index contributed by atoms with van der Waals surface area (Å²) >= 11 is 15.6. The molecule has 34 heavy (non-hydrogen) atoms. The number of aromatic nitrogens is 3. The van der Waals surface area contributed by atoms with Crippen molar-refractivity contribution < 1.29 is 9.53 Å². The van der Waals surface area contributed by atoms with E-state index in [2.05, 4.69) is 14.8 Å². The number of rotatable bonds is 9. The number of benzene rings is 3. The van der Waals surface area contributed by atoms with Crippen molar-refractivity contribution >= 4 is 52.7 Å². The van der Waals surface area contributed by atoms with Crippen molar-refractivity contribution in [1.82, 2.24) is 14.8 Å². The second-order valence-corrected chi connectivity index (χ2v) is 10.0. The number of halogens is 2. The number of hydrogen-bond acceptors (Lipinski definition) is 6. The highest BCUT2D eigenvalue weighted by atomic mass is 35.5. The summed E-state index contributed by atoms with van der Waals surface area (Å²) in [5.41, 5.74) is 3.65. The van der Waals surface area contributed by atoms with Crippen molar-refractivity contribution in [2.24, 2.45) is 0 Å². The average Bonchev–Trinajstić information content (AvgIpc) is 3.27. The minimum atomic E-state index is -0.343. The monoisotopic (exact) mass is 529 g/mol. The van der Waals surface area contributed by atoms with Crippen LogP contribution in [0.25, 0.3) is 5.69 Å². The minimum absolute atomic E-state index is 0.343. The summed E-state index contributed by atoms with van der Waals surface area (Å²) < 4.78 is 6.85. The molecule has 0 saturated heterocycles. The Labute approximate surface area is 216 Å². The molecule has 0 bridgehead atoms. The van der Waals surface area contributed by atoms with Crippen LogP contribution in [-0.2, 0) is 22.0 Å². The van der Waals surface area contributed by atoms with Crippen LogP contribution in [0.1, 0.15) is 27.3 Å². The van der Waals surface area contributed by atoms with Gasteiger partial charge in [0.15, 0.2) is 5.16 Å². The van der Waals surface area contributed by atoms with Crippen LogP contribution >= 0.6 is 46.7 Å². The Bertz CT molecular complexity index is 1270. The summed E-state index contributed by atoms with van der Waals surface area (Å²) in [7, 11) is 1.38. The summed E-state index contributed by atoms with van der Waals surface area (Å²) in [6.07, 6.45) is 0. The molecular formula is C25H21Cl2N3O2S2. The van der Waals surface area contributed by atoms with Crippen molar-refractivity contribution in [3.8, 4) is 5.69 Å². The smallest absolute Gasteiger partial charge is 0.337 e. The summed E-state index contributed by atoms with van der Waals surface area (Å²) in [5.74, 6) is 2.64. The Balaban J connectivity index is 1.48. The van der Waals surface area contributed by atoms with E-state index in [-0.39, 0.29) is 5.97 Å². The number of hydrogen-bond donors (Lipinski definition) is 0. The minimum Gasteiger partial charge on any atom is -0.465 e. The normalized spacial score (nSPS) is 10.9. The molecule has 0 fully saturated rings. The Morgan fingerprint density at radius 3 is 2.41 bits per heavy atom. The molecular weight excluding hydrogens is 509 g/mol. The van der Waals surface area contributed by atoms with Gasteiger partial charge in [-0.2, -0.15) is 0 Å². The maximum absolute atomic E-state index is 11.7. The second kappa shape index (κ2) is 11.8. The molecule has 0 N–H and O–H groups in total. The largest absolute Gasteiger partial charge is 0.465 e. The number of ether oxygens (including phenoxy) is 1. The van der Waals surface area contributed by atoms with Crippen LogP contribution in [0.15, 0.2) is 78.0 Å². The summed E-state index contributed by atoms with van der Waals surface area (Å²) in [6.45, 7) is 0. The van der Waals surface area contributed by atoms with Gasteiger partial charge in [0.2, 0.25) is 0 Å². The van der Waals surface area contributed by atoms with Crippen LogP contribution < -0.4 is 0 Å². The van der Waals surface area contributed by atoms with Crippen molar-refractivity contribution in [2.45, 2.75) is 22.4 Å². The van der Waals surface area contributed by atoms with Crippen molar-refractivity contribution in [3.63, 3.8) is 0 Å². The molecule has 174 valence electrons. The van der Waals surface area contributed by atoms with E-state index in [0.717, 1.165) is 33.5 Å². The predicted octanol–water partition coefficient (Wildman–Crippen LogP) is 7.09. The highest BCUT2D eigenvalue weighted by Crippen LogP contribution is 2.29. The van der Waals surface area contributed by atoms with E-state index in [1.54, 1.807) is 41.7 Å². The van der Waals surface area contributed by atoms with Gasteiger partial charge in [0.1, 0.15) is 5.82 Å². The third-order valence-corrected chi connectivity index (χ3v) is 7.53. The zero-order valence-electron chi connectivity index (χ0n) is 18.3. The summed E-state index contributed by atoms with van der Waals surface area (Å²) in [4.78, 5) is 11.7. The third kappa shape index (κ3) is 6.16. The van der Waals surface area contributed by atoms with E-state index in [4.69, 9.17) is 27.9 Å². The summed E-state index contributed by atoms with van der Waals surface area (Å²) in [6, 6.07) is 23.0. The third-order valence-electron chi connectivity index (χ3n) is 4.96. The highest BCUT2D eigenvalue weighted by Gasteiger charge is 2.15. The molecule has 1 aromatic heterocycles. The number of carbonyl (C=O) groups excluding carboxylic acids is 1. The Kier molecular flexibility index (Phi) is 8.56. The van der Waals surface area contributed by atoms with Crippen LogP contribution in [0.3, 0.4) is 0 Å². The lowest BCUT2D eigenvalue weighted by Crippen LogP contribution is -2.02. The predicted molar refractivity (Wildman–Crippen MR) is 140 cm³/mol. The maximum Gasteiger partial charge on any atom is 0.337 e. The van der Waals surface area contributed by atoms with Gasteiger partial charge in [-0.25, -0.2) is 4.79 Å². The molecule has 5 nitrogen and oxygen atoms in total. The van der Waals surface area contributed by atoms with Crippen molar-refractivity contribution in [3.05, 3.63) is 105 Å². The van der Waals surface area contributed by atoms with E-state index in [0.29, 0.717) is 27.1 Å². The fourth-order valence-corrected chi connectivity index (χ4v) is 5.64. The first kappa shape index (κ1) is 24.7. The standard InChI is InChI=1S/C25H21Cl2N3O2S2/c1-32-24(31)18-9-7-17(8-10-18)14-34-25-29-28-23(30(25)21-5-3-2-4-6-21)16-33-15-19-11-12-20(26)13-22(19)27/h2-13H,14-16H2,1H3. The SMILES string of the molecule is COC(=O)c1ccc(CSc2nnc(CSCc3ccc(Cl)cc3Cl)n2-c2ccccc2)cc1. The van der Waals surface area contributed by atoms with Crippen LogP contribution in [0, 0.1) is 0 Å². The zero-order valence-corrected chi connectivity index (χ0v) is 21.4. The van der Waals surface area contributed by atoms with E-state index in [1.165, 1.54) is 7.11 Å². The van der Waals surface area contributed by atoms with Gasteiger partial charge in [-0.15, -0.1) is 22.0 Å². The van der Waals surface area contributed by atoms with Gasteiger partial charge in [0.25, 0.3) is 0 Å². The molecule has 0 saturated carbocycles. The second-order valence-electron chi connectivity index (χ2n) is 7.28. The average molecular weight is 531 g/mol. The molecule has 0 aliphatic rings. The van der Waals surface area contributed by atoms with Crippen LogP contribution in [0.4, 0.5) is 0 Å². The first-order valence-corrected chi connectivity index (χ1v) is 13.3. The molecule has 1 heterocycles. The number of carbonyl (C=O) groups is 1. The topological polar surface area (TPSA) is 57.0 Å². The molecule has 0 aliphatic carbocycles.